The van der Waals surface area contributed by atoms with Gasteiger partial charge in [-0.2, -0.15) is 5.10 Å². The van der Waals surface area contributed by atoms with Gasteiger partial charge in [-0.25, -0.2) is 5.84 Å². The Bertz CT molecular complexity index is 337. The molecule has 18 heavy (non-hydrogen) atoms. The Hall–Kier alpha value is -1.60. The van der Waals surface area contributed by atoms with Crippen LogP contribution in [0.15, 0.2) is 23.5 Å². The number of aromatic nitrogens is 2. The Labute approximate surface area is 107 Å². The molecule has 1 unspecified atom stereocenters. The molecule has 0 spiro atoms. The number of aryl methyl sites for hydroxylation is 1. The van der Waals surface area contributed by atoms with Crippen LogP contribution in [0.3, 0.4) is 0 Å². The molecule has 0 aliphatic rings. The Morgan fingerprint density at radius 2 is 2.44 bits per heavy atom. The summed E-state index contributed by atoms with van der Waals surface area (Å²) in [6, 6.07) is 2.07. The molecule has 0 aromatic carbocycles. The largest absolute Gasteiger partial charge is 0.383 e. The van der Waals surface area contributed by atoms with Crippen molar-refractivity contribution in [2.45, 2.75) is 25.9 Å². The molecule has 1 rings (SSSR count). The molecule has 0 saturated carbocycles. The normalized spacial score (nSPS) is 13.4. The molecule has 7 heteroatoms. The van der Waals surface area contributed by atoms with Crippen molar-refractivity contribution >= 4 is 5.96 Å². The summed E-state index contributed by atoms with van der Waals surface area (Å²) in [5.41, 5.74) is 2.55. The molecule has 1 aromatic rings. The number of nitrogens with zero attached hydrogens (tertiary/aromatic N) is 3. The first-order valence-corrected chi connectivity index (χ1v) is 6.00. The Kier molecular flexibility index (Phi) is 6.82. The zero-order valence-corrected chi connectivity index (χ0v) is 11.0. The maximum absolute atomic E-state index is 5.39. The van der Waals surface area contributed by atoms with Gasteiger partial charge < -0.3 is 10.1 Å². The lowest BCUT2D eigenvalue weighted by molar-refractivity contribution is 0.179. The predicted octanol–water partition coefficient (Wildman–Crippen LogP) is -0.283. The van der Waals surface area contributed by atoms with E-state index in [4.69, 9.17) is 10.6 Å². The van der Waals surface area contributed by atoms with Gasteiger partial charge in [-0.15, -0.1) is 0 Å². The molecule has 0 aliphatic heterocycles. The number of guanidine groups is 1. The number of ether oxygens (including phenoxy) is 1. The Morgan fingerprint density at radius 3 is 3.06 bits per heavy atom. The molecule has 1 atom stereocenters. The van der Waals surface area contributed by atoms with Crippen LogP contribution in [0, 0.1) is 0 Å². The van der Waals surface area contributed by atoms with Crippen molar-refractivity contribution in [3.63, 3.8) is 0 Å². The second kappa shape index (κ2) is 8.48. The van der Waals surface area contributed by atoms with Gasteiger partial charge in [0.2, 0.25) is 5.96 Å². The highest BCUT2D eigenvalue weighted by Crippen LogP contribution is 1.90. The number of rotatable bonds is 7. The van der Waals surface area contributed by atoms with E-state index >= 15 is 0 Å². The molecular weight excluding hydrogens is 232 g/mol. The van der Waals surface area contributed by atoms with E-state index in [0.29, 0.717) is 19.1 Å². The van der Waals surface area contributed by atoms with Crippen molar-refractivity contribution < 1.29 is 4.74 Å². The third-order valence-electron chi connectivity index (χ3n) is 2.31. The molecule has 1 heterocycles. The van der Waals surface area contributed by atoms with Gasteiger partial charge in [0, 0.05) is 38.6 Å². The first kappa shape index (κ1) is 14.5. The van der Waals surface area contributed by atoms with Crippen LogP contribution in [0.4, 0.5) is 0 Å². The van der Waals surface area contributed by atoms with Crippen LogP contribution in [0.25, 0.3) is 0 Å². The van der Waals surface area contributed by atoms with E-state index in [9.17, 15) is 0 Å². The van der Waals surface area contributed by atoms with Gasteiger partial charge >= 0.3 is 0 Å². The van der Waals surface area contributed by atoms with Gasteiger partial charge in [-0.1, -0.05) is 0 Å². The van der Waals surface area contributed by atoms with Gasteiger partial charge in [0.1, 0.15) is 0 Å². The molecule has 0 bridgehead atoms. The maximum Gasteiger partial charge on any atom is 0.206 e. The second-order valence-electron chi connectivity index (χ2n) is 4.00. The fourth-order valence-electron chi connectivity index (χ4n) is 1.51. The number of hydrogen-bond donors (Lipinski definition) is 3. The molecule has 0 amide bonds. The molecule has 4 N–H and O–H groups in total. The van der Waals surface area contributed by atoms with Crippen LogP contribution in [-0.4, -0.2) is 42.0 Å². The van der Waals surface area contributed by atoms with Crippen LogP contribution in [0.1, 0.15) is 13.3 Å². The van der Waals surface area contributed by atoms with Crippen molar-refractivity contribution in [1.29, 1.82) is 0 Å². The molecule has 1 aromatic heterocycles. The SMILES string of the molecule is COCC(C)NC(=NCCCn1cccn1)NN. The second-order valence-corrected chi connectivity index (χ2v) is 4.00. The van der Waals surface area contributed by atoms with Crippen LogP contribution in [0.2, 0.25) is 0 Å². The maximum atomic E-state index is 5.39. The van der Waals surface area contributed by atoms with Crippen molar-refractivity contribution in [3.05, 3.63) is 18.5 Å². The summed E-state index contributed by atoms with van der Waals surface area (Å²) in [4.78, 5) is 4.34. The van der Waals surface area contributed by atoms with Crippen molar-refractivity contribution in [1.82, 2.24) is 20.5 Å². The lowest BCUT2D eigenvalue weighted by Gasteiger charge is -2.15. The van der Waals surface area contributed by atoms with Gasteiger partial charge in [0.05, 0.1) is 6.61 Å². The van der Waals surface area contributed by atoms with Gasteiger partial charge in [0.25, 0.3) is 0 Å². The standard InChI is InChI=1S/C11H22N6O/c1-10(9-18-2)15-11(16-12)13-5-3-7-17-8-4-6-14-17/h4,6,8,10H,3,5,7,9,12H2,1-2H3,(H2,13,15,16). The molecule has 102 valence electrons. The third kappa shape index (κ3) is 5.65. The van der Waals surface area contributed by atoms with E-state index < -0.39 is 0 Å². The molecule has 0 aliphatic carbocycles. The highest BCUT2D eigenvalue weighted by Gasteiger charge is 2.03. The summed E-state index contributed by atoms with van der Waals surface area (Å²) in [6.45, 7) is 4.14. The van der Waals surface area contributed by atoms with E-state index in [0.717, 1.165) is 13.0 Å². The fourth-order valence-corrected chi connectivity index (χ4v) is 1.51. The summed E-state index contributed by atoms with van der Waals surface area (Å²) in [5.74, 6) is 5.98. The summed E-state index contributed by atoms with van der Waals surface area (Å²) in [5, 5.41) is 7.25. The first-order valence-electron chi connectivity index (χ1n) is 6.00. The van der Waals surface area contributed by atoms with Crippen LogP contribution in [-0.2, 0) is 11.3 Å². The fraction of sp³-hybridized carbons (Fsp3) is 0.636. The number of methoxy groups -OCH3 is 1. The van der Waals surface area contributed by atoms with E-state index in [2.05, 4.69) is 20.8 Å². The zero-order chi connectivity index (χ0) is 13.2. The van der Waals surface area contributed by atoms with Gasteiger partial charge in [-0.05, 0) is 19.4 Å². The number of hydrogen-bond acceptors (Lipinski definition) is 4. The topological polar surface area (TPSA) is 89.5 Å². The van der Waals surface area contributed by atoms with Crippen molar-refractivity contribution in [2.24, 2.45) is 10.8 Å². The van der Waals surface area contributed by atoms with Crippen molar-refractivity contribution in [3.8, 4) is 0 Å². The van der Waals surface area contributed by atoms with Crippen molar-refractivity contribution in [2.75, 3.05) is 20.3 Å². The lowest BCUT2D eigenvalue weighted by Crippen LogP contribution is -2.46. The molecule has 0 fully saturated rings. The highest BCUT2D eigenvalue weighted by molar-refractivity contribution is 5.79. The Morgan fingerprint density at radius 1 is 1.61 bits per heavy atom. The average Bonchev–Trinajstić information content (AvgIpc) is 2.86. The number of hydrazine groups is 1. The van der Waals surface area contributed by atoms with E-state index in [1.807, 2.05) is 23.9 Å². The molecule has 0 saturated heterocycles. The molecule has 7 nitrogen and oxygen atoms in total. The number of nitrogens with one attached hydrogen (secondary N) is 2. The quantitative estimate of drug-likeness (QED) is 0.205. The minimum atomic E-state index is 0.163. The molecular formula is C11H22N6O. The summed E-state index contributed by atoms with van der Waals surface area (Å²) in [7, 11) is 1.66. The summed E-state index contributed by atoms with van der Waals surface area (Å²) < 4.78 is 6.91. The minimum Gasteiger partial charge on any atom is -0.383 e. The first-order chi connectivity index (χ1) is 8.76. The summed E-state index contributed by atoms with van der Waals surface area (Å²) in [6.07, 6.45) is 4.61. The zero-order valence-electron chi connectivity index (χ0n) is 11.0. The smallest absolute Gasteiger partial charge is 0.206 e. The lowest BCUT2D eigenvalue weighted by atomic mass is 10.4. The van der Waals surface area contributed by atoms with Gasteiger partial charge in [0.15, 0.2) is 0 Å². The minimum absolute atomic E-state index is 0.163. The Balaban J connectivity index is 2.24. The third-order valence-corrected chi connectivity index (χ3v) is 2.31. The van der Waals surface area contributed by atoms with Crippen LogP contribution < -0.4 is 16.6 Å². The number of nitrogens with two attached hydrogens (primary N) is 1. The monoisotopic (exact) mass is 254 g/mol. The highest BCUT2D eigenvalue weighted by atomic mass is 16.5. The predicted molar refractivity (Wildman–Crippen MR) is 70.9 cm³/mol. The summed E-state index contributed by atoms with van der Waals surface area (Å²) >= 11 is 0. The van der Waals surface area contributed by atoms with Crippen LogP contribution in [0.5, 0.6) is 0 Å². The van der Waals surface area contributed by atoms with E-state index in [1.54, 1.807) is 13.3 Å². The van der Waals surface area contributed by atoms with Gasteiger partial charge in [-0.3, -0.25) is 15.1 Å². The van der Waals surface area contributed by atoms with E-state index in [1.165, 1.54) is 0 Å². The number of aliphatic imine (C=N–C) groups is 1. The molecule has 0 radical (unpaired) electrons. The van der Waals surface area contributed by atoms with E-state index in [-0.39, 0.29) is 6.04 Å². The average molecular weight is 254 g/mol. The van der Waals surface area contributed by atoms with Crippen LogP contribution >= 0.6 is 0 Å².